The molecular weight excluding hydrogens is 212 g/mol. The number of nitrogens with one attached hydrogen (secondary N) is 2. The minimum Gasteiger partial charge on any atom is -0.361 e. The summed E-state index contributed by atoms with van der Waals surface area (Å²) in [6, 6.07) is 6.80. The lowest BCUT2D eigenvalue weighted by atomic mass is 9.76. The lowest BCUT2D eigenvalue weighted by Crippen LogP contribution is -2.47. The van der Waals surface area contributed by atoms with Crippen molar-refractivity contribution in [2.24, 2.45) is 0 Å². The van der Waals surface area contributed by atoms with E-state index in [-0.39, 0.29) is 0 Å². The van der Waals surface area contributed by atoms with Gasteiger partial charge in [0.25, 0.3) is 0 Å². The van der Waals surface area contributed by atoms with Gasteiger partial charge in [-0.15, -0.1) is 0 Å². The van der Waals surface area contributed by atoms with Gasteiger partial charge in [-0.3, -0.25) is 4.79 Å². The number of fused-ring (bicyclic) bond motifs is 2. The van der Waals surface area contributed by atoms with Crippen molar-refractivity contribution in [1.82, 2.24) is 10.3 Å². The van der Waals surface area contributed by atoms with Gasteiger partial charge in [0.1, 0.15) is 5.78 Å². The Kier molecular flexibility index (Phi) is 1.77. The minimum atomic E-state index is 0.335. The zero-order valence-corrected chi connectivity index (χ0v) is 9.49. The summed E-state index contributed by atoms with van der Waals surface area (Å²) in [5.74, 6) is 0.700. The predicted molar refractivity (Wildman–Crippen MR) is 66.2 cm³/mol. The Morgan fingerprint density at radius 3 is 3.12 bits per heavy atom. The van der Waals surface area contributed by atoms with E-state index in [1.807, 2.05) is 0 Å². The lowest BCUT2D eigenvalue weighted by molar-refractivity contribution is -0.120. The molecule has 2 aliphatic rings. The van der Waals surface area contributed by atoms with Gasteiger partial charge in [-0.2, -0.15) is 0 Å². The van der Waals surface area contributed by atoms with Gasteiger partial charge in [0.05, 0.1) is 6.54 Å². The summed E-state index contributed by atoms with van der Waals surface area (Å²) < 4.78 is 0. The molecule has 2 N–H and O–H groups in total. The maximum absolute atomic E-state index is 11.6. The molecule has 86 valence electrons. The SMILES string of the molecule is O=C1CN[C@@H]2Cc3c[nH]c4cccc(c34)[C@H]2C1. The molecule has 1 fully saturated rings. The maximum Gasteiger partial charge on any atom is 0.147 e. The summed E-state index contributed by atoms with van der Waals surface area (Å²) in [6.45, 7) is 0.539. The van der Waals surface area contributed by atoms with Crippen LogP contribution < -0.4 is 5.32 Å². The van der Waals surface area contributed by atoms with Crippen molar-refractivity contribution in [3.05, 3.63) is 35.5 Å². The topological polar surface area (TPSA) is 44.9 Å². The number of rotatable bonds is 0. The van der Waals surface area contributed by atoms with Gasteiger partial charge in [-0.25, -0.2) is 0 Å². The summed E-state index contributed by atoms with van der Waals surface area (Å²) in [4.78, 5) is 14.9. The number of ketones is 1. The molecule has 2 atom stereocenters. The highest BCUT2D eigenvalue weighted by Crippen LogP contribution is 2.39. The van der Waals surface area contributed by atoms with E-state index in [2.05, 4.69) is 34.7 Å². The van der Waals surface area contributed by atoms with Crippen molar-refractivity contribution in [2.75, 3.05) is 6.54 Å². The molecular formula is C14H14N2O. The molecule has 2 heterocycles. The van der Waals surface area contributed by atoms with Gasteiger partial charge in [0, 0.05) is 35.5 Å². The third-order valence-corrected chi connectivity index (χ3v) is 4.15. The number of carbonyl (C=O) groups is 1. The standard InChI is InChI=1S/C14H14N2O/c17-9-5-11-10-2-1-3-12-14(10)8(6-15-12)4-13(11)16-7-9/h1-3,6,11,13,15-16H,4-5,7H2/t11-,13-/m1/s1. The Labute approximate surface area is 99.2 Å². The number of hydrogen-bond donors (Lipinski definition) is 2. The van der Waals surface area contributed by atoms with Crippen molar-refractivity contribution < 1.29 is 4.79 Å². The van der Waals surface area contributed by atoms with Gasteiger partial charge < -0.3 is 10.3 Å². The van der Waals surface area contributed by atoms with E-state index in [0.29, 0.717) is 30.7 Å². The van der Waals surface area contributed by atoms with Crippen LogP contribution in [0.2, 0.25) is 0 Å². The number of aromatic amines is 1. The van der Waals surface area contributed by atoms with Crippen LogP contribution in [0.25, 0.3) is 10.9 Å². The van der Waals surface area contributed by atoms with Crippen LogP contribution >= 0.6 is 0 Å². The summed E-state index contributed by atoms with van der Waals surface area (Å²) in [6.07, 6.45) is 3.85. The monoisotopic (exact) mass is 226 g/mol. The fourth-order valence-electron chi connectivity index (χ4n) is 3.38. The molecule has 1 aromatic heterocycles. The summed E-state index contributed by atoms with van der Waals surface area (Å²) >= 11 is 0. The molecule has 0 radical (unpaired) electrons. The first-order valence-corrected chi connectivity index (χ1v) is 6.17. The molecule has 4 rings (SSSR count). The molecule has 0 saturated carbocycles. The van der Waals surface area contributed by atoms with E-state index >= 15 is 0 Å². The second-order valence-corrected chi connectivity index (χ2v) is 5.12. The van der Waals surface area contributed by atoms with Crippen LogP contribution in [-0.2, 0) is 11.2 Å². The van der Waals surface area contributed by atoms with Crippen LogP contribution in [0.15, 0.2) is 24.4 Å². The van der Waals surface area contributed by atoms with Crippen LogP contribution in [-0.4, -0.2) is 23.4 Å². The van der Waals surface area contributed by atoms with E-state index in [4.69, 9.17) is 0 Å². The van der Waals surface area contributed by atoms with Crippen molar-refractivity contribution in [1.29, 1.82) is 0 Å². The number of H-pyrrole nitrogens is 1. The molecule has 0 spiro atoms. The van der Waals surface area contributed by atoms with Gasteiger partial charge in [0.2, 0.25) is 0 Å². The van der Waals surface area contributed by atoms with Crippen LogP contribution in [0.1, 0.15) is 23.5 Å². The zero-order chi connectivity index (χ0) is 11.4. The number of carbonyl (C=O) groups excluding carboxylic acids is 1. The van der Waals surface area contributed by atoms with Crippen LogP contribution in [0.3, 0.4) is 0 Å². The summed E-state index contributed by atoms with van der Waals surface area (Å²) in [5, 5.41) is 4.73. The quantitative estimate of drug-likeness (QED) is 0.718. The van der Waals surface area contributed by atoms with E-state index in [0.717, 1.165) is 6.42 Å². The van der Waals surface area contributed by atoms with E-state index in [1.54, 1.807) is 0 Å². The Morgan fingerprint density at radius 1 is 1.24 bits per heavy atom. The Bertz CT molecular complexity index is 614. The van der Waals surface area contributed by atoms with Crippen molar-refractivity contribution >= 4 is 16.7 Å². The third-order valence-electron chi connectivity index (χ3n) is 4.15. The molecule has 1 aromatic carbocycles. The lowest BCUT2D eigenvalue weighted by Gasteiger charge is -2.35. The second-order valence-electron chi connectivity index (χ2n) is 5.12. The van der Waals surface area contributed by atoms with Crippen molar-refractivity contribution in [3.8, 4) is 0 Å². The molecule has 0 unspecified atom stereocenters. The molecule has 2 aromatic rings. The largest absolute Gasteiger partial charge is 0.361 e. The second kappa shape index (κ2) is 3.20. The first kappa shape index (κ1) is 9.42. The van der Waals surface area contributed by atoms with E-state index < -0.39 is 0 Å². The number of piperidine rings is 1. The fraction of sp³-hybridized carbons (Fsp3) is 0.357. The average Bonchev–Trinajstić information content (AvgIpc) is 2.75. The first-order valence-electron chi connectivity index (χ1n) is 6.17. The van der Waals surface area contributed by atoms with Crippen LogP contribution in [0, 0.1) is 0 Å². The Hall–Kier alpha value is -1.61. The molecule has 17 heavy (non-hydrogen) atoms. The molecule has 0 amide bonds. The van der Waals surface area contributed by atoms with Crippen LogP contribution in [0.4, 0.5) is 0 Å². The Morgan fingerprint density at radius 2 is 2.18 bits per heavy atom. The highest BCUT2D eigenvalue weighted by atomic mass is 16.1. The average molecular weight is 226 g/mol. The van der Waals surface area contributed by atoms with Crippen molar-refractivity contribution in [3.63, 3.8) is 0 Å². The zero-order valence-electron chi connectivity index (χ0n) is 9.49. The van der Waals surface area contributed by atoms with Crippen molar-refractivity contribution in [2.45, 2.75) is 24.8 Å². The van der Waals surface area contributed by atoms with Crippen LogP contribution in [0.5, 0.6) is 0 Å². The number of Topliss-reactive ketones (excluding diaryl/α,β-unsaturated/α-hetero) is 1. The van der Waals surface area contributed by atoms with Gasteiger partial charge in [-0.05, 0) is 23.6 Å². The van der Waals surface area contributed by atoms with Gasteiger partial charge >= 0.3 is 0 Å². The summed E-state index contributed by atoms with van der Waals surface area (Å²) in [5.41, 5.74) is 3.93. The normalized spacial score (nSPS) is 27.2. The number of benzene rings is 1. The molecule has 3 nitrogen and oxygen atoms in total. The van der Waals surface area contributed by atoms with E-state index in [1.165, 1.54) is 22.0 Å². The van der Waals surface area contributed by atoms with Gasteiger partial charge in [0.15, 0.2) is 0 Å². The molecule has 0 bridgehead atoms. The molecule has 1 aliphatic carbocycles. The first-order chi connectivity index (χ1) is 8.33. The molecule has 1 saturated heterocycles. The maximum atomic E-state index is 11.6. The minimum absolute atomic E-state index is 0.335. The van der Waals surface area contributed by atoms with E-state index in [9.17, 15) is 4.79 Å². The third kappa shape index (κ3) is 1.23. The smallest absolute Gasteiger partial charge is 0.147 e. The molecule has 3 heteroatoms. The Balaban J connectivity index is 1.95. The van der Waals surface area contributed by atoms with Gasteiger partial charge in [-0.1, -0.05) is 12.1 Å². The highest BCUT2D eigenvalue weighted by molar-refractivity contribution is 5.90. The number of hydrogen-bond acceptors (Lipinski definition) is 2. The fourth-order valence-corrected chi connectivity index (χ4v) is 3.38. The number of aromatic nitrogens is 1. The predicted octanol–water partition coefficient (Wildman–Crippen LogP) is 1.74. The summed E-state index contributed by atoms with van der Waals surface area (Å²) in [7, 11) is 0. The molecule has 1 aliphatic heterocycles. The highest BCUT2D eigenvalue weighted by Gasteiger charge is 2.35.